The third-order valence-electron chi connectivity index (χ3n) is 5.65. The van der Waals surface area contributed by atoms with Gasteiger partial charge in [0.2, 0.25) is 0 Å². The summed E-state index contributed by atoms with van der Waals surface area (Å²) >= 11 is 0. The Labute approximate surface area is 177 Å². The fourth-order valence-corrected chi connectivity index (χ4v) is 3.53. The first-order valence-electron chi connectivity index (χ1n) is 10.3. The third-order valence-corrected chi connectivity index (χ3v) is 5.65. The normalized spacial score (nSPS) is 14.0. The fraction of sp³-hybridized carbons (Fsp3) is 0.292. The molecule has 154 valence electrons. The van der Waals surface area contributed by atoms with Crippen molar-refractivity contribution in [3.63, 3.8) is 0 Å². The largest absolute Gasteiger partial charge is 0.352 e. The average molecular weight is 402 g/mol. The van der Waals surface area contributed by atoms with Crippen LogP contribution in [0.4, 0.5) is 16.3 Å². The first-order valence-corrected chi connectivity index (χ1v) is 10.3. The van der Waals surface area contributed by atoms with E-state index in [9.17, 15) is 4.79 Å². The molecule has 0 spiro atoms. The first kappa shape index (κ1) is 19.9. The third kappa shape index (κ3) is 4.43. The summed E-state index contributed by atoms with van der Waals surface area (Å²) in [6.45, 7) is 9.01. The van der Waals surface area contributed by atoms with Gasteiger partial charge in [0.15, 0.2) is 5.82 Å². The molecular formula is C24H27N5O. The van der Waals surface area contributed by atoms with Gasteiger partial charge >= 0.3 is 6.03 Å². The number of anilines is 2. The summed E-state index contributed by atoms with van der Waals surface area (Å²) in [5, 5.41) is 11.8. The Morgan fingerprint density at radius 1 is 0.833 bits per heavy atom. The highest BCUT2D eigenvalue weighted by molar-refractivity contribution is 5.89. The van der Waals surface area contributed by atoms with E-state index < -0.39 is 0 Å². The number of hydrogen-bond acceptors (Lipinski definition) is 4. The molecule has 6 heteroatoms. The van der Waals surface area contributed by atoms with Crippen LogP contribution in [0.1, 0.15) is 16.7 Å². The van der Waals surface area contributed by atoms with Crippen LogP contribution in [0.25, 0.3) is 11.3 Å². The van der Waals surface area contributed by atoms with Gasteiger partial charge in [-0.05, 0) is 62.2 Å². The van der Waals surface area contributed by atoms with Crippen molar-refractivity contribution in [2.45, 2.75) is 20.8 Å². The van der Waals surface area contributed by atoms with Crippen LogP contribution in [-0.2, 0) is 0 Å². The smallest absolute Gasteiger partial charge is 0.321 e. The molecule has 2 aromatic carbocycles. The molecule has 1 aromatic heterocycles. The summed E-state index contributed by atoms with van der Waals surface area (Å²) in [4.78, 5) is 16.5. The number of aromatic nitrogens is 2. The van der Waals surface area contributed by atoms with Gasteiger partial charge in [0.25, 0.3) is 0 Å². The molecular weight excluding hydrogens is 374 g/mol. The van der Waals surface area contributed by atoms with E-state index in [-0.39, 0.29) is 6.03 Å². The Morgan fingerprint density at radius 3 is 2.20 bits per heavy atom. The lowest BCUT2D eigenvalue weighted by molar-refractivity contribution is 0.208. The van der Waals surface area contributed by atoms with E-state index in [4.69, 9.17) is 0 Å². The molecule has 0 saturated carbocycles. The van der Waals surface area contributed by atoms with E-state index in [0.29, 0.717) is 13.1 Å². The number of carbonyl (C=O) groups excluding carboxylic acids is 1. The Kier molecular flexibility index (Phi) is 5.65. The van der Waals surface area contributed by atoms with Crippen molar-refractivity contribution in [3.05, 3.63) is 71.3 Å². The lowest BCUT2D eigenvalue weighted by atomic mass is 10.0. The predicted octanol–water partition coefficient (Wildman–Crippen LogP) is 4.42. The number of amides is 2. The van der Waals surface area contributed by atoms with Crippen LogP contribution in [0.3, 0.4) is 0 Å². The van der Waals surface area contributed by atoms with E-state index in [1.165, 1.54) is 16.7 Å². The summed E-state index contributed by atoms with van der Waals surface area (Å²) in [7, 11) is 0. The average Bonchev–Trinajstić information content (AvgIpc) is 2.77. The van der Waals surface area contributed by atoms with Gasteiger partial charge in [0.05, 0.1) is 5.69 Å². The molecule has 0 atom stereocenters. The van der Waals surface area contributed by atoms with Crippen molar-refractivity contribution in [3.8, 4) is 11.3 Å². The highest BCUT2D eigenvalue weighted by Gasteiger charge is 2.22. The van der Waals surface area contributed by atoms with Crippen LogP contribution < -0.4 is 10.2 Å². The minimum Gasteiger partial charge on any atom is -0.352 e. The van der Waals surface area contributed by atoms with Crippen molar-refractivity contribution in [2.24, 2.45) is 0 Å². The molecule has 3 aromatic rings. The number of carbonyl (C=O) groups is 1. The van der Waals surface area contributed by atoms with Crippen molar-refractivity contribution >= 4 is 17.5 Å². The maximum Gasteiger partial charge on any atom is 0.321 e. The molecule has 0 aliphatic carbocycles. The van der Waals surface area contributed by atoms with Crippen LogP contribution >= 0.6 is 0 Å². The number of piperazine rings is 1. The van der Waals surface area contributed by atoms with Crippen LogP contribution in [0.2, 0.25) is 0 Å². The molecule has 0 radical (unpaired) electrons. The van der Waals surface area contributed by atoms with Crippen LogP contribution in [0.15, 0.2) is 54.6 Å². The van der Waals surface area contributed by atoms with Crippen LogP contribution in [0, 0.1) is 20.8 Å². The molecule has 4 rings (SSSR count). The van der Waals surface area contributed by atoms with Crippen molar-refractivity contribution in [2.75, 3.05) is 36.4 Å². The number of nitrogens with zero attached hydrogens (tertiary/aromatic N) is 4. The van der Waals surface area contributed by atoms with E-state index >= 15 is 0 Å². The van der Waals surface area contributed by atoms with E-state index in [1.54, 1.807) is 0 Å². The van der Waals surface area contributed by atoms with Gasteiger partial charge in [0.1, 0.15) is 0 Å². The number of nitrogens with one attached hydrogen (secondary N) is 1. The molecule has 1 N–H and O–H groups in total. The van der Waals surface area contributed by atoms with Gasteiger partial charge in [-0.25, -0.2) is 4.79 Å². The number of hydrogen-bond donors (Lipinski definition) is 1. The van der Waals surface area contributed by atoms with Gasteiger partial charge in [0, 0.05) is 37.4 Å². The topological polar surface area (TPSA) is 61.4 Å². The molecule has 6 nitrogen and oxygen atoms in total. The van der Waals surface area contributed by atoms with Crippen LogP contribution in [-0.4, -0.2) is 47.3 Å². The van der Waals surface area contributed by atoms with Gasteiger partial charge < -0.3 is 15.1 Å². The molecule has 1 fully saturated rings. The minimum absolute atomic E-state index is 0.0605. The molecule has 0 bridgehead atoms. The Morgan fingerprint density at radius 2 is 1.57 bits per heavy atom. The van der Waals surface area contributed by atoms with Gasteiger partial charge in [-0.15, -0.1) is 10.2 Å². The monoisotopic (exact) mass is 401 g/mol. The van der Waals surface area contributed by atoms with Crippen LogP contribution in [0.5, 0.6) is 0 Å². The highest BCUT2D eigenvalue weighted by atomic mass is 16.2. The van der Waals surface area contributed by atoms with E-state index in [2.05, 4.69) is 52.5 Å². The lowest BCUT2D eigenvalue weighted by Crippen LogP contribution is -2.50. The number of benzene rings is 2. The summed E-state index contributed by atoms with van der Waals surface area (Å²) in [5.41, 5.74) is 6.46. The molecule has 30 heavy (non-hydrogen) atoms. The predicted molar refractivity (Wildman–Crippen MR) is 121 cm³/mol. The zero-order chi connectivity index (χ0) is 21.1. The van der Waals surface area contributed by atoms with Gasteiger partial charge in [-0.2, -0.15) is 0 Å². The number of aryl methyl sites for hydroxylation is 3. The molecule has 1 aliphatic heterocycles. The van der Waals surface area contributed by atoms with Crippen molar-refractivity contribution < 1.29 is 4.79 Å². The molecule has 2 heterocycles. The standard InChI is InChI=1S/C24H27N5O/c1-17-4-8-21(9-5-17)25-24(30)29-14-12-28(13-15-29)23-11-10-22(26-27-23)20-7-6-18(2)19(3)16-20/h4-11,16H,12-15H2,1-3H3,(H,25,30). The fourth-order valence-electron chi connectivity index (χ4n) is 3.53. The quantitative estimate of drug-likeness (QED) is 0.706. The lowest BCUT2D eigenvalue weighted by Gasteiger charge is -2.35. The van der Waals surface area contributed by atoms with Crippen molar-refractivity contribution in [1.29, 1.82) is 0 Å². The second-order valence-electron chi connectivity index (χ2n) is 7.85. The summed E-state index contributed by atoms with van der Waals surface area (Å²) in [6, 6.07) is 18.1. The van der Waals surface area contributed by atoms with E-state index in [1.807, 2.05) is 48.2 Å². The number of urea groups is 1. The SMILES string of the molecule is Cc1ccc(NC(=O)N2CCN(c3ccc(-c4ccc(C)c(C)c4)nn3)CC2)cc1. The van der Waals surface area contributed by atoms with Gasteiger partial charge in [-0.1, -0.05) is 29.8 Å². The second-order valence-corrected chi connectivity index (χ2v) is 7.85. The van der Waals surface area contributed by atoms with E-state index in [0.717, 1.165) is 35.9 Å². The summed E-state index contributed by atoms with van der Waals surface area (Å²) in [6.07, 6.45) is 0. The van der Waals surface area contributed by atoms with Crippen molar-refractivity contribution in [1.82, 2.24) is 15.1 Å². The maximum absolute atomic E-state index is 12.5. The zero-order valence-corrected chi connectivity index (χ0v) is 17.7. The Balaban J connectivity index is 1.35. The molecule has 2 amide bonds. The summed E-state index contributed by atoms with van der Waals surface area (Å²) in [5.74, 6) is 0.848. The Bertz CT molecular complexity index is 1020. The minimum atomic E-state index is -0.0605. The zero-order valence-electron chi connectivity index (χ0n) is 17.7. The molecule has 0 unspecified atom stereocenters. The van der Waals surface area contributed by atoms with Gasteiger partial charge in [-0.3, -0.25) is 0 Å². The second kappa shape index (κ2) is 8.53. The number of rotatable bonds is 3. The summed E-state index contributed by atoms with van der Waals surface area (Å²) < 4.78 is 0. The molecule has 1 saturated heterocycles. The molecule has 1 aliphatic rings. The maximum atomic E-state index is 12.5. The Hall–Kier alpha value is -3.41. The first-order chi connectivity index (χ1) is 14.5. The highest BCUT2D eigenvalue weighted by Crippen LogP contribution is 2.22.